The monoisotopic (exact) mass is 288 g/mol. The van der Waals surface area contributed by atoms with Crippen LogP contribution < -0.4 is 5.32 Å². The van der Waals surface area contributed by atoms with Gasteiger partial charge in [0.1, 0.15) is 0 Å². The lowest BCUT2D eigenvalue weighted by Crippen LogP contribution is -2.44. The minimum absolute atomic E-state index is 0.165. The van der Waals surface area contributed by atoms with Crippen molar-refractivity contribution in [3.63, 3.8) is 0 Å². The molecule has 0 amide bonds. The first-order valence-electron chi connectivity index (χ1n) is 7.86. The van der Waals surface area contributed by atoms with E-state index >= 15 is 0 Å². The molecule has 2 unspecified atom stereocenters. The Kier molecular flexibility index (Phi) is 4.56. The van der Waals surface area contributed by atoms with Gasteiger partial charge in [0.25, 0.3) is 0 Å². The average Bonchev–Trinajstić information content (AvgIpc) is 2.98. The predicted molar refractivity (Wildman–Crippen MR) is 82.0 cm³/mol. The summed E-state index contributed by atoms with van der Waals surface area (Å²) in [6.45, 7) is 4.36. The predicted octanol–water partition coefficient (Wildman–Crippen LogP) is 1.59. The average molecular weight is 288 g/mol. The number of rotatable bonds is 4. The second-order valence-corrected chi connectivity index (χ2v) is 6.12. The van der Waals surface area contributed by atoms with Gasteiger partial charge in [-0.05, 0) is 43.0 Å². The molecule has 4 heteroatoms. The van der Waals surface area contributed by atoms with Crippen LogP contribution in [0.15, 0.2) is 24.3 Å². The number of carbonyl (C=O) groups is 1. The summed E-state index contributed by atoms with van der Waals surface area (Å²) >= 11 is 0. The number of hydrogen-bond donors (Lipinski definition) is 1. The number of likely N-dealkylation sites (tertiary alicyclic amines) is 1. The molecule has 0 aromatic heterocycles. The number of nitrogens with zero attached hydrogens (tertiary/aromatic N) is 1. The molecule has 2 aliphatic rings. The Morgan fingerprint density at radius 2 is 2.14 bits per heavy atom. The Morgan fingerprint density at radius 1 is 1.33 bits per heavy atom. The topological polar surface area (TPSA) is 41.6 Å². The van der Waals surface area contributed by atoms with Crippen LogP contribution in [0.1, 0.15) is 24.0 Å². The lowest BCUT2D eigenvalue weighted by molar-refractivity contribution is -0.139. The van der Waals surface area contributed by atoms with E-state index in [9.17, 15) is 4.79 Å². The number of hydrogen-bond acceptors (Lipinski definition) is 4. The largest absolute Gasteiger partial charge is 0.469 e. The van der Waals surface area contributed by atoms with Gasteiger partial charge in [0, 0.05) is 19.1 Å². The van der Waals surface area contributed by atoms with Crippen LogP contribution in [0.5, 0.6) is 0 Å². The minimum Gasteiger partial charge on any atom is -0.469 e. The summed E-state index contributed by atoms with van der Waals surface area (Å²) in [7, 11) is 1.45. The maximum absolute atomic E-state index is 11.6. The first-order valence-corrected chi connectivity index (χ1v) is 7.86. The molecule has 3 rings (SSSR count). The van der Waals surface area contributed by atoms with Crippen molar-refractivity contribution in [1.29, 1.82) is 0 Å². The third-order valence-corrected chi connectivity index (χ3v) is 4.85. The lowest BCUT2D eigenvalue weighted by Gasteiger charge is -2.37. The first kappa shape index (κ1) is 14.5. The number of esters is 1. The highest BCUT2D eigenvalue weighted by Crippen LogP contribution is 2.28. The SMILES string of the molecule is COC(=O)Cc1ccccc1CN1CCCC2CNCC21. The van der Waals surface area contributed by atoms with Crippen LogP contribution in [-0.2, 0) is 22.5 Å². The minimum atomic E-state index is -0.165. The summed E-state index contributed by atoms with van der Waals surface area (Å²) in [5, 5.41) is 3.52. The molecule has 0 saturated carbocycles. The van der Waals surface area contributed by atoms with Crippen molar-refractivity contribution in [3.8, 4) is 0 Å². The maximum Gasteiger partial charge on any atom is 0.309 e. The van der Waals surface area contributed by atoms with Crippen LogP contribution in [0.2, 0.25) is 0 Å². The van der Waals surface area contributed by atoms with Crippen molar-refractivity contribution in [3.05, 3.63) is 35.4 Å². The van der Waals surface area contributed by atoms with E-state index < -0.39 is 0 Å². The molecule has 0 radical (unpaired) electrons. The molecule has 2 saturated heterocycles. The summed E-state index contributed by atoms with van der Waals surface area (Å²) < 4.78 is 4.81. The van der Waals surface area contributed by atoms with E-state index in [0.29, 0.717) is 12.5 Å². The number of benzene rings is 1. The van der Waals surface area contributed by atoms with Gasteiger partial charge in [0.15, 0.2) is 0 Å². The maximum atomic E-state index is 11.6. The van der Waals surface area contributed by atoms with Crippen LogP contribution in [0, 0.1) is 5.92 Å². The third-order valence-electron chi connectivity index (χ3n) is 4.85. The van der Waals surface area contributed by atoms with Crippen molar-refractivity contribution in [2.24, 2.45) is 5.92 Å². The Balaban J connectivity index is 1.73. The molecular weight excluding hydrogens is 264 g/mol. The third kappa shape index (κ3) is 3.27. The van der Waals surface area contributed by atoms with E-state index in [2.05, 4.69) is 22.3 Å². The van der Waals surface area contributed by atoms with E-state index in [1.165, 1.54) is 25.5 Å². The highest BCUT2D eigenvalue weighted by Gasteiger charge is 2.34. The van der Waals surface area contributed by atoms with Crippen molar-refractivity contribution >= 4 is 5.97 Å². The van der Waals surface area contributed by atoms with Gasteiger partial charge in [0.2, 0.25) is 0 Å². The Morgan fingerprint density at radius 3 is 2.95 bits per heavy atom. The molecule has 0 bridgehead atoms. The zero-order chi connectivity index (χ0) is 14.7. The van der Waals surface area contributed by atoms with Gasteiger partial charge in [0.05, 0.1) is 13.5 Å². The van der Waals surface area contributed by atoms with Gasteiger partial charge < -0.3 is 10.1 Å². The summed E-state index contributed by atoms with van der Waals surface area (Å²) in [6.07, 6.45) is 2.99. The number of nitrogens with one attached hydrogen (secondary N) is 1. The highest BCUT2D eigenvalue weighted by atomic mass is 16.5. The van der Waals surface area contributed by atoms with E-state index in [4.69, 9.17) is 4.74 Å². The van der Waals surface area contributed by atoms with Crippen LogP contribution in [0.25, 0.3) is 0 Å². The molecule has 2 fully saturated rings. The number of fused-ring (bicyclic) bond motifs is 1. The Labute approximate surface area is 126 Å². The van der Waals surface area contributed by atoms with E-state index in [-0.39, 0.29) is 5.97 Å². The molecule has 114 valence electrons. The number of carbonyl (C=O) groups excluding carboxylic acids is 1. The lowest BCUT2D eigenvalue weighted by atomic mass is 9.91. The number of methoxy groups -OCH3 is 1. The smallest absolute Gasteiger partial charge is 0.309 e. The summed E-state index contributed by atoms with van der Waals surface area (Å²) in [6, 6.07) is 8.90. The van der Waals surface area contributed by atoms with E-state index in [1.807, 2.05) is 12.1 Å². The normalized spacial score (nSPS) is 25.6. The number of ether oxygens (including phenoxy) is 1. The van der Waals surface area contributed by atoms with Crippen molar-refractivity contribution in [1.82, 2.24) is 10.2 Å². The summed E-state index contributed by atoms with van der Waals surface area (Å²) in [5.74, 6) is 0.632. The van der Waals surface area contributed by atoms with Crippen molar-refractivity contribution < 1.29 is 9.53 Å². The number of piperidine rings is 1. The molecular formula is C17H24N2O2. The van der Waals surface area contributed by atoms with E-state index in [1.54, 1.807) is 0 Å². The van der Waals surface area contributed by atoms with Gasteiger partial charge in [-0.25, -0.2) is 0 Å². The highest BCUT2D eigenvalue weighted by molar-refractivity contribution is 5.72. The molecule has 2 aliphatic heterocycles. The summed E-state index contributed by atoms with van der Waals surface area (Å²) in [5.41, 5.74) is 2.35. The second kappa shape index (κ2) is 6.58. The zero-order valence-corrected chi connectivity index (χ0v) is 12.7. The second-order valence-electron chi connectivity index (χ2n) is 6.12. The molecule has 4 nitrogen and oxygen atoms in total. The van der Waals surface area contributed by atoms with Gasteiger partial charge in [-0.15, -0.1) is 0 Å². The zero-order valence-electron chi connectivity index (χ0n) is 12.7. The fourth-order valence-corrected chi connectivity index (χ4v) is 3.69. The van der Waals surface area contributed by atoms with Crippen molar-refractivity contribution in [2.45, 2.75) is 31.8 Å². The van der Waals surface area contributed by atoms with Crippen LogP contribution in [-0.4, -0.2) is 43.7 Å². The fraction of sp³-hybridized carbons (Fsp3) is 0.588. The standard InChI is InChI=1S/C17H24N2O2/c1-21-17(20)9-13-5-2-3-6-15(13)12-19-8-4-7-14-10-18-11-16(14)19/h2-3,5-6,14,16,18H,4,7-12H2,1H3. The molecule has 2 heterocycles. The molecule has 0 aliphatic carbocycles. The molecule has 1 aromatic rings. The molecule has 1 N–H and O–H groups in total. The van der Waals surface area contributed by atoms with Gasteiger partial charge in [-0.3, -0.25) is 9.69 Å². The van der Waals surface area contributed by atoms with E-state index in [0.717, 1.165) is 37.7 Å². The molecule has 1 aromatic carbocycles. The van der Waals surface area contributed by atoms with Crippen molar-refractivity contribution in [2.75, 3.05) is 26.7 Å². The fourth-order valence-electron chi connectivity index (χ4n) is 3.69. The quantitative estimate of drug-likeness (QED) is 0.854. The summed E-state index contributed by atoms with van der Waals surface area (Å²) in [4.78, 5) is 14.1. The Bertz CT molecular complexity index is 503. The van der Waals surface area contributed by atoms with Crippen LogP contribution in [0.4, 0.5) is 0 Å². The molecule has 2 atom stereocenters. The van der Waals surface area contributed by atoms with Gasteiger partial charge in [-0.1, -0.05) is 24.3 Å². The first-order chi connectivity index (χ1) is 10.3. The van der Waals surface area contributed by atoms with Crippen LogP contribution in [0.3, 0.4) is 0 Å². The van der Waals surface area contributed by atoms with Gasteiger partial charge >= 0.3 is 5.97 Å². The van der Waals surface area contributed by atoms with Crippen LogP contribution >= 0.6 is 0 Å². The molecule has 0 spiro atoms. The van der Waals surface area contributed by atoms with Gasteiger partial charge in [-0.2, -0.15) is 0 Å². The molecule has 21 heavy (non-hydrogen) atoms. The Hall–Kier alpha value is -1.39.